The number of hydrogen-bond donors (Lipinski definition) is 1. The number of anilines is 1. The summed E-state index contributed by atoms with van der Waals surface area (Å²) >= 11 is 0. The van der Waals surface area contributed by atoms with Gasteiger partial charge in [0.2, 0.25) is 0 Å². The fourth-order valence-electron chi connectivity index (χ4n) is 3.45. The molecule has 0 atom stereocenters. The largest absolute Gasteiger partial charge is 0.507 e. The molecule has 0 radical (unpaired) electrons. The number of piperazine rings is 1. The first-order valence-corrected chi connectivity index (χ1v) is 9.20. The minimum atomic E-state index is 0.0964. The average molecular weight is 338 g/mol. The molecule has 1 saturated heterocycles. The highest BCUT2D eigenvalue weighted by Gasteiger charge is 2.21. The molecule has 1 aliphatic rings. The maximum absolute atomic E-state index is 10.5. The van der Waals surface area contributed by atoms with Crippen LogP contribution in [0.1, 0.15) is 37.5 Å². The maximum atomic E-state index is 10.5. The van der Waals surface area contributed by atoms with Crippen molar-refractivity contribution in [1.82, 2.24) is 4.90 Å². The smallest absolute Gasteiger partial charge is 0.122 e. The minimum absolute atomic E-state index is 0.0964. The highest BCUT2D eigenvalue weighted by Crippen LogP contribution is 2.31. The number of aryl methyl sites for hydroxylation is 1. The van der Waals surface area contributed by atoms with Gasteiger partial charge in [-0.25, -0.2) is 0 Å². The van der Waals surface area contributed by atoms with E-state index in [0.29, 0.717) is 5.75 Å². The van der Waals surface area contributed by atoms with Crippen LogP contribution in [0.4, 0.5) is 5.69 Å². The molecule has 0 saturated carbocycles. The fraction of sp³-hybridized carbons (Fsp3) is 0.455. The molecule has 2 aromatic carbocycles. The van der Waals surface area contributed by atoms with E-state index in [9.17, 15) is 5.11 Å². The van der Waals surface area contributed by atoms with Crippen molar-refractivity contribution in [3.05, 3.63) is 59.2 Å². The molecule has 2 aromatic rings. The van der Waals surface area contributed by atoms with Crippen LogP contribution in [0.3, 0.4) is 0 Å². The summed E-state index contributed by atoms with van der Waals surface area (Å²) in [6.45, 7) is 13.6. The lowest BCUT2D eigenvalue weighted by Gasteiger charge is -2.36. The molecular formula is C22H30N2O. The average Bonchev–Trinajstić information content (AvgIpc) is 2.59. The molecule has 0 amide bonds. The van der Waals surface area contributed by atoms with E-state index in [0.717, 1.165) is 43.9 Å². The number of hydrogen-bond acceptors (Lipinski definition) is 3. The van der Waals surface area contributed by atoms with Gasteiger partial charge in [-0.1, -0.05) is 51.1 Å². The summed E-state index contributed by atoms with van der Waals surface area (Å²) in [7, 11) is 0. The van der Waals surface area contributed by atoms with E-state index in [1.165, 1.54) is 11.3 Å². The van der Waals surface area contributed by atoms with Crippen LogP contribution in [-0.4, -0.2) is 36.2 Å². The Morgan fingerprint density at radius 1 is 0.960 bits per heavy atom. The number of nitrogens with zero attached hydrogens (tertiary/aromatic N) is 2. The monoisotopic (exact) mass is 338 g/mol. The van der Waals surface area contributed by atoms with Gasteiger partial charge in [0.05, 0.1) is 0 Å². The fourth-order valence-corrected chi connectivity index (χ4v) is 3.45. The van der Waals surface area contributed by atoms with Gasteiger partial charge in [-0.2, -0.15) is 0 Å². The maximum Gasteiger partial charge on any atom is 0.122 e. The Morgan fingerprint density at radius 3 is 2.20 bits per heavy atom. The van der Waals surface area contributed by atoms with Gasteiger partial charge >= 0.3 is 0 Å². The van der Waals surface area contributed by atoms with Gasteiger partial charge in [0.15, 0.2) is 0 Å². The molecular weight excluding hydrogens is 308 g/mol. The van der Waals surface area contributed by atoms with E-state index in [2.05, 4.69) is 73.0 Å². The molecule has 0 spiro atoms. The number of aromatic hydroxyl groups is 1. The van der Waals surface area contributed by atoms with Crippen LogP contribution in [0.5, 0.6) is 5.75 Å². The van der Waals surface area contributed by atoms with E-state index in [4.69, 9.17) is 0 Å². The van der Waals surface area contributed by atoms with Gasteiger partial charge in [-0.3, -0.25) is 4.90 Å². The first kappa shape index (κ1) is 17.8. The molecule has 3 rings (SSSR count). The van der Waals surface area contributed by atoms with Crippen LogP contribution in [0.25, 0.3) is 0 Å². The van der Waals surface area contributed by atoms with Gasteiger partial charge in [-0.05, 0) is 35.6 Å². The number of para-hydroxylation sites is 1. The summed E-state index contributed by atoms with van der Waals surface area (Å²) in [5, 5.41) is 10.5. The van der Waals surface area contributed by atoms with Crippen LogP contribution < -0.4 is 4.90 Å². The molecule has 1 N–H and O–H groups in total. The van der Waals surface area contributed by atoms with Crippen molar-refractivity contribution in [2.24, 2.45) is 0 Å². The Hall–Kier alpha value is -2.00. The van der Waals surface area contributed by atoms with Crippen molar-refractivity contribution in [1.29, 1.82) is 0 Å². The van der Waals surface area contributed by atoms with Crippen molar-refractivity contribution in [3.8, 4) is 5.75 Å². The summed E-state index contributed by atoms with van der Waals surface area (Å²) < 4.78 is 0. The normalized spacial score (nSPS) is 16.2. The highest BCUT2D eigenvalue weighted by molar-refractivity contribution is 5.47. The Kier molecular flexibility index (Phi) is 5.05. The lowest BCUT2D eigenvalue weighted by atomic mass is 9.85. The second-order valence-electron chi connectivity index (χ2n) is 8.15. The minimum Gasteiger partial charge on any atom is -0.507 e. The lowest BCUT2D eigenvalue weighted by molar-refractivity contribution is 0.246. The molecule has 0 unspecified atom stereocenters. The third kappa shape index (κ3) is 4.16. The van der Waals surface area contributed by atoms with Crippen molar-refractivity contribution >= 4 is 5.69 Å². The second-order valence-corrected chi connectivity index (χ2v) is 8.15. The predicted octanol–water partition coefficient (Wildman–Crippen LogP) is 4.32. The van der Waals surface area contributed by atoms with E-state index < -0.39 is 0 Å². The van der Waals surface area contributed by atoms with E-state index in [-0.39, 0.29) is 5.41 Å². The van der Waals surface area contributed by atoms with Crippen molar-refractivity contribution in [2.75, 3.05) is 31.1 Å². The molecule has 0 bridgehead atoms. The Labute approximate surface area is 151 Å². The molecule has 0 aliphatic carbocycles. The van der Waals surface area contributed by atoms with Crippen molar-refractivity contribution < 1.29 is 5.11 Å². The van der Waals surface area contributed by atoms with E-state index in [1.807, 2.05) is 6.92 Å². The molecule has 134 valence electrons. The zero-order valence-corrected chi connectivity index (χ0v) is 15.9. The van der Waals surface area contributed by atoms with Gasteiger partial charge in [-0.15, -0.1) is 0 Å². The highest BCUT2D eigenvalue weighted by atomic mass is 16.3. The van der Waals surface area contributed by atoms with Gasteiger partial charge in [0.25, 0.3) is 0 Å². The number of phenols is 1. The van der Waals surface area contributed by atoms with E-state index >= 15 is 0 Å². The standard InChI is InChI=1S/C22H30N2O/c1-17-14-19(22(2,3)4)15-18(21(17)25)16-23-10-12-24(13-11-23)20-8-6-5-7-9-20/h5-9,14-15,25H,10-13,16H2,1-4H3. The van der Waals surface area contributed by atoms with Crippen LogP contribution in [0, 0.1) is 6.92 Å². The SMILES string of the molecule is Cc1cc(C(C)(C)C)cc(CN2CCN(c3ccccc3)CC2)c1O. The third-order valence-electron chi connectivity index (χ3n) is 5.13. The van der Waals surface area contributed by atoms with Crippen LogP contribution >= 0.6 is 0 Å². The summed E-state index contributed by atoms with van der Waals surface area (Å²) in [5.74, 6) is 0.457. The van der Waals surface area contributed by atoms with Gasteiger partial charge in [0, 0.05) is 44.0 Å². The Bertz CT molecular complexity index is 711. The first-order chi connectivity index (χ1) is 11.8. The molecule has 1 heterocycles. The molecule has 3 heteroatoms. The van der Waals surface area contributed by atoms with Crippen molar-refractivity contribution in [2.45, 2.75) is 39.7 Å². The van der Waals surface area contributed by atoms with Gasteiger partial charge in [0.1, 0.15) is 5.75 Å². The first-order valence-electron chi connectivity index (χ1n) is 9.20. The summed E-state index contributed by atoms with van der Waals surface area (Å²) in [5.41, 5.74) is 4.72. The Morgan fingerprint density at radius 2 is 1.60 bits per heavy atom. The predicted molar refractivity (Wildman–Crippen MR) is 105 cm³/mol. The quantitative estimate of drug-likeness (QED) is 0.903. The van der Waals surface area contributed by atoms with Crippen LogP contribution in [-0.2, 0) is 12.0 Å². The number of benzene rings is 2. The number of phenolic OH excluding ortho intramolecular Hbond substituents is 1. The summed E-state index contributed by atoms with van der Waals surface area (Å²) in [6.07, 6.45) is 0. The summed E-state index contributed by atoms with van der Waals surface area (Å²) in [6, 6.07) is 14.9. The van der Waals surface area contributed by atoms with Gasteiger partial charge < -0.3 is 10.0 Å². The van der Waals surface area contributed by atoms with E-state index in [1.54, 1.807) is 0 Å². The van der Waals surface area contributed by atoms with Crippen LogP contribution in [0.15, 0.2) is 42.5 Å². The molecule has 1 fully saturated rings. The van der Waals surface area contributed by atoms with Crippen molar-refractivity contribution in [3.63, 3.8) is 0 Å². The Balaban J connectivity index is 1.69. The second kappa shape index (κ2) is 7.09. The molecule has 0 aromatic heterocycles. The summed E-state index contributed by atoms with van der Waals surface area (Å²) in [4.78, 5) is 4.88. The molecule has 3 nitrogen and oxygen atoms in total. The number of rotatable bonds is 3. The third-order valence-corrected chi connectivity index (χ3v) is 5.13. The molecule has 1 aliphatic heterocycles. The zero-order chi connectivity index (χ0) is 18.0. The molecule has 25 heavy (non-hydrogen) atoms. The zero-order valence-electron chi connectivity index (χ0n) is 15.9. The topological polar surface area (TPSA) is 26.7 Å². The van der Waals surface area contributed by atoms with Crippen LogP contribution in [0.2, 0.25) is 0 Å². The lowest BCUT2D eigenvalue weighted by Crippen LogP contribution is -2.46.